The Morgan fingerprint density at radius 2 is 2.00 bits per heavy atom. The summed E-state index contributed by atoms with van der Waals surface area (Å²) in [6, 6.07) is 7.56. The van der Waals surface area contributed by atoms with E-state index in [1.54, 1.807) is 6.20 Å². The number of halogens is 1. The number of carbonyl (C=O) groups excluding carboxylic acids is 1. The molecule has 1 aromatic heterocycles. The van der Waals surface area contributed by atoms with Gasteiger partial charge in [0.2, 0.25) is 0 Å². The van der Waals surface area contributed by atoms with Gasteiger partial charge in [-0.2, -0.15) is 0 Å². The number of amides is 1. The van der Waals surface area contributed by atoms with E-state index in [-0.39, 0.29) is 5.91 Å². The first-order valence-corrected chi connectivity index (χ1v) is 7.29. The molecule has 0 fully saturated rings. The number of nitrogens with zero attached hydrogens (tertiary/aromatic N) is 1. The molecule has 0 aliphatic rings. The van der Waals surface area contributed by atoms with Gasteiger partial charge in [0.15, 0.2) is 0 Å². The molecule has 0 saturated heterocycles. The van der Waals surface area contributed by atoms with Crippen molar-refractivity contribution in [1.82, 2.24) is 10.3 Å². The second kappa shape index (κ2) is 6.71. The molecule has 0 bridgehead atoms. The fourth-order valence-corrected chi connectivity index (χ4v) is 2.36. The van der Waals surface area contributed by atoms with Gasteiger partial charge in [-0.25, -0.2) is 4.98 Å². The smallest absolute Gasteiger partial charge is 0.253 e. The Morgan fingerprint density at radius 1 is 1.30 bits per heavy atom. The van der Waals surface area contributed by atoms with Crippen LogP contribution in [0.25, 0.3) is 10.8 Å². The highest BCUT2D eigenvalue weighted by Gasteiger charge is 2.12. The van der Waals surface area contributed by atoms with E-state index in [0.29, 0.717) is 23.2 Å². The minimum Gasteiger partial charge on any atom is -0.352 e. The average Bonchev–Trinajstić information content (AvgIpc) is 2.44. The minimum atomic E-state index is -0.0888. The fourth-order valence-electron chi connectivity index (χ4n) is 2.15. The summed E-state index contributed by atoms with van der Waals surface area (Å²) >= 11 is 6.05. The van der Waals surface area contributed by atoms with Crippen LogP contribution in [0.1, 0.15) is 37.0 Å². The molecule has 0 spiro atoms. The van der Waals surface area contributed by atoms with Gasteiger partial charge in [-0.15, -0.1) is 0 Å². The Labute approximate surface area is 124 Å². The molecule has 0 unspecified atom stereocenters. The Morgan fingerprint density at radius 3 is 2.70 bits per heavy atom. The first-order chi connectivity index (χ1) is 9.59. The molecule has 4 heteroatoms. The highest BCUT2D eigenvalue weighted by atomic mass is 35.5. The van der Waals surface area contributed by atoms with Crippen LogP contribution in [0.2, 0.25) is 5.15 Å². The molecular formula is C16H19ClN2O. The normalized spacial score (nSPS) is 11.0. The van der Waals surface area contributed by atoms with E-state index in [0.717, 1.165) is 23.6 Å². The molecule has 0 radical (unpaired) electrons. The van der Waals surface area contributed by atoms with E-state index in [2.05, 4.69) is 24.1 Å². The van der Waals surface area contributed by atoms with Crippen molar-refractivity contribution < 1.29 is 4.79 Å². The number of aromatic nitrogens is 1. The summed E-state index contributed by atoms with van der Waals surface area (Å²) < 4.78 is 0. The molecule has 1 amide bonds. The lowest BCUT2D eigenvalue weighted by Gasteiger charge is -2.09. The van der Waals surface area contributed by atoms with Crippen molar-refractivity contribution in [2.45, 2.75) is 26.7 Å². The second-order valence-corrected chi connectivity index (χ2v) is 5.66. The molecule has 1 N–H and O–H groups in total. The summed E-state index contributed by atoms with van der Waals surface area (Å²) in [7, 11) is 0. The summed E-state index contributed by atoms with van der Waals surface area (Å²) in [4.78, 5) is 16.3. The number of fused-ring (bicyclic) bond motifs is 1. The van der Waals surface area contributed by atoms with Crippen molar-refractivity contribution in [3.8, 4) is 0 Å². The van der Waals surface area contributed by atoms with Gasteiger partial charge in [-0.3, -0.25) is 4.79 Å². The molecular weight excluding hydrogens is 272 g/mol. The number of carbonyl (C=O) groups is 1. The molecule has 3 nitrogen and oxygen atoms in total. The third kappa shape index (κ3) is 3.48. The molecule has 1 aromatic carbocycles. The van der Waals surface area contributed by atoms with Gasteiger partial charge < -0.3 is 5.32 Å². The molecule has 2 rings (SSSR count). The summed E-state index contributed by atoms with van der Waals surface area (Å²) in [5.41, 5.74) is 0.578. The summed E-state index contributed by atoms with van der Waals surface area (Å²) in [6.45, 7) is 5.05. The van der Waals surface area contributed by atoms with Crippen LogP contribution in [-0.2, 0) is 0 Å². The molecule has 2 aromatic rings. The minimum absolute atomic E-state index is 0.0888. The molecule has 0 atom stereocenters. The standard InChI is InChI=1S/C16H19ClN2O/c1-11(2)6-5-9-18-16(20)14-10-19-15(17)13-8-4-3-7-12(13)14/h3-4,7-8,10-11H,5-6,9H2,1-2H3,(H,18,20). The van der Waals surface area contributed by atoms with Crippen LogP contribution in [0.3, 0.4) is 0 Å². The van der Waals surface area contributed by atoms with Crippen LogP contribution in [0, 0.1) is 5.92 Å². The van der Waals surface area contributed by atoms with Gasteiger partial charge in [0.1, 0.15) is 5.15 Å². The maximum atomic E-state index is 12.2. The van der Waals surface area contributed by atoms with Crippen molar-refractivity contribution in [2.24, 2.45) is 5.92 Å². The van der Waals surface area contributed by atoms with Crippen LogP contribution < -0.4 is 5.32 Å². The molecule has 0 aliphatic carbocycles. The van der Waals surface area contributed by atoms with E-state index >= 15 is 0 Å². The van der Waals surface area contributed by atoms with Crippen LogP contribution in [0.5, 0.6) is 0 Å². The van der Waals surface area contributed by atoms with Gasteiger partial charge in [-0.05, 0) is 24.1 Å². The Bertz CT molecular complexity index is 610. The number of hydrogen-bond acceptors (Lipinski definition) is 2. The zero-order chi connectivity index (χ0) is 14.5. The number of rotatable bonds is 5. The van der Waals surface area contributed by atoms with Crippen LogP contribution in [0.15, 0.2) is 30.5 Å². The Balaban J connectivity index is 2.12. The van der Waals surface area contributed by atoms with Gasteiger partial charge in [0.25, 0.3) is 5.91 Å². The lowest BCUT2D eigenvalue weighted by atomic mass is 10.1. The van der Waals surface area contributed by atoms with Gasteiger partial charge in [0.05, 0.1) is 5.56 Å². The van der Waals surface area contributed by atoms with E-state index < -0.39 is 0 Å². The number of benzene rings is 1. The quantitative estimate of drug-likeness (QED) is 0.666. The van der Waals surface area contributed by atoms with Gasteiger partial charge in [0, 0.05) is 18.1 Å². The number of nitrogens with one attached hydrogen (secondary N) is 1. The van der Waals surface area contributed by atoms with Gasteiger partial charge in [-0.1, -0.05) is 49.7 Å². The predicted molar refractivity (Wildman–Crippen MR) is 83.2 cm³/mol. The van der Waals surface area contributed by atoms with E-state index in [9.17, 15) is 4.79 Å². The number of hydrogen-bond donors (Lipinski definition) is 1. The molecule has 1 heterocycles. The number of pyridine rings is 1. The fraction of sp³-hybridized carbons (Fsp3) is 0.375. The topological polar surface area (TPSA) is 42.0 Å². The lowest BCUT2D eigenvalue weighted by Crippen LogP contribution is -2.25. The van der Waals surface area contributed by atoms with Crippen LogP contribution in [-0.4, -0.2) is 17.4 Å². The maximum absolute atomic E-state index is 12.2. The molecule has 106 valence electrons. The second-order valence-electron chi connectivity index (χ2n) is 5.30. The van der Waals surface area contributed by atoms with Gasteiger partial charge >= 0.3 is 0 Å². The Kier molecular flexibility index (Phi) is 4.96. The van der Waals surface area contributed by atoms with Crippen molar-refractivity contribution >= 4 is 28.3 Å². The average molecular weight is 291 g/mol. The van der Waals surface area contributed by atoms with E-state index in [4.69, 9.17) is 11.6 Å². The lowest BCUT2D eigenvalue weighted by molar-refractivity contribution is 0.0954. The third-order valence-electron chi connectivity index (χ3n) is 3.23. The maximum Gasteiger partial charge on any atom is 0.253 e. The molecule has 0 saturated carbocycles. The van der Waals surface area contributed by atoms with Crippen molar-refractivity contribution in [3.63, 3.8) is 0 Å². The third-order valence-corrected chi connectivity index (χ3v) is 3.54. The first-order valence-electron chi connectivity index (χ1n) is 6.91. The Hall–Kier alpha value is -1.61. The van der Waals surface area contributed by atoms with Crippen LogP contribution >= 0.6 is 11.6 Å². The highest BCUT2D eigenvalue weighted by Crippen LogP contribution is 2.24. The summed E-state index contributed by atoms with van der Waals surface area (Å²) in [6.07, 6.45) is 3.64. The van der Waals surface area contributed by atoms with Crippen LogP contribution in [0.4, 0.5) is 0 Å². The SMILES string of the molecule is CC(C)CCCNC(=O)c1cnc(Cl)c2ccccc12. The first kappa shape index (κ1) is 14.8. The molecule has 0 aliphatic heterocycles. The van der Waals surface area contributed by atoms with Crippen molar-refractivity contribution in [1.29, 1.82) is 0 Å². The largest absolute Gasteiger partial charge is 0.352 e. The summed E-state index contributed by atoms with van der Waals surface area (Å²) in [5.74, 6) is 0.569. The highest BCUT2D eigenvalue weighted by molar-refractivity contribution is 6.34. The zero-order valence-electron chi connectivity index (χ0n) is 11.8. The zero-order valence-corrected chi connectivity index (χ0v) is 12.6. The van der Waals surface area contributed by atoms with E-state index in [1.165, 1.54) is 0 Å². The van der Waals surface area contributed by atoms with Crippen molar-refractivity contribution in [2.75, 3.05) is 6.54 Å². The van der Waals surface area contributed by atoms with Crippen molar-refractivity contribution in [3.05, 3.63) is 41.2 Å². The predicted octanol–water partition coefficient (Wildman–Crippen LogP) is 4.05. The van der Waals surface area contributed by atoms with E-state index in [1.807, 2.05) is 24.3 Å². The molecule has 20 heavy (non-hydrogen) atoms. The monoisotopic (exact) mass is 290 g/mol. The summed E-state index contributed by atoms with van der Waals surface area (Å²) in [5, 5.41) is 5.02.